The number of fused-ring (bicyclic) bond motifs is 1. The number of hydrogen-bond donors (Lipinski definition) is 2. The fraction of sp³-hybridized carbons (Fsp3) is 0.267. The molecule has 5 heteroatoms. The van der Waals surface area contributed by atoms with Crippen LogP contribution in [0.1, 0.15) is 11.9 Å². The molecule has 1 unspecified atom stereocenters. The number of morpholine rings is 1. The maximum absolute atomic E-state index is 5.70. The van der Waals surface area contributed by atoms with Gasteiger partial charge in [-0.3, -0.25) is 0 Å². The summed E-state index contributed by atoms with van der Waals surface area (Å²) in [7, 11) is 0. The van der Waals surface area contributed by atoms with Gasteiger partial charge >= 0.3 is 0 Å². The van der Waals surface area contributed by atoms with Crippen molar-refractivity contribution < 1.29 is 9.15 Å². The first kappa shape index (κ1) is 11.7. The number of hydrogen-bond acceptors (Lipinski definition) is 4. The van der Waals surface area contributed by atoms with Crippen molar-refractivity contribution in [3.05, 3.63) is 42.5 Å². The molecule has 0 bridgehead atoms. The minimum atomic E-state index is -0.00401. The second-order valence-corrected chi connectivity index (χ2v) is 4.89. The summed E-state index contributed by atoms with van der Waals surface area (Å²) in [6.45, 7) is 2.41. The lowest BCUT2D eigenvalue weighted by Crippen LogP contribution is -2.33. The Morgan fingerprint density at radius 2 is 2.20 bits per heavy atom. The van der Waals surface area contributed by atoms with Gasteiger partial charge in [-0.1, -0.05) is 18.2 Å². The molecule has 5 nitrogen and oxygen atoms in total. The number of furan rings is 1. The third-order valence-electron chi connectivity index (χ3n) is 3.60. The second-order valence-electron chi connectivity index (χ2n) is 4.89. The first-order valence-electron chi connectivity index (χ1n) is 6.75. The standard InChI is InChI=1S/C15H15N3O2/c1-2-4-13-10(3-1)11(9-20-13)12-7-17-15(18-12)14-8-16-5-6-19-14/h1-4,7,9,14,16H,5-6,8H2,(H,17,18). The summed E-state index contributed by atoms with van der Waals surface area (Å²) in [4.78, 5) is 7.78. The molecule has 1 aliphatic heterocycles. The predicted molar refractivity (Wildman–Crippen MR) is 75.4 cm³/mol. The largest absolute Gasteiger partial charge is 0.464 e. The lowest BCUT2D eigenvalue weighted by atomic mass is 10.1. The van der Waals surface area contributed by atoms with Gasteiger partial charge < -0.3 is 19.5 Å². The number of H-pyrrole nitrogens is 1. The first-order chi connectivity index (χ1) is 9.92. The van der Waals surface area contributed by atoms with Gasteiger partial charge in [0.1, 0.15) is 23.8 Å². The Labute approximate surface area is 116 Å². The van der Waals surface area contributed by atoms with E-state index >= 15 is 0 Å². The van der Waals surface area contributed by atoms with E-state index in [4.69, 9.17) is 9.15 Å². The van der Waals surface area contributed by atoms with E-state index in [1.807, 2.05) is 30.5 Å². The van der Waals surface area contributed by atoms with Crippen molar-refractivity contribution in [1.29, 1.82) is 0 Å². The van der Waals surface area contributed by atoms with Crippen molar-refractivity contribution >= 4 is 11.0 Å². The van der Waals surface area contributed by atoms with Crippen LogP contribution in [0, 0.1) is 0 Å². The van der Waals surface area contributed by atoms with Crippen LogP contribution >= 0.6 is 0 Å². The smallest absolute Gasteiger partial charge is 0.137 e. The average Bonchev–Trinajstić information content (AvgIpc) is 3.14. The topological polar surface area (TPSA) is 63.1 Å². The lowest BCUT2D eigenvalue weighted by molar-refractivity contribution is 0.0227. The Morgan fingerprint density at radius 3 is 3.10 bits per heavy atom. The van der Waals surface area contributed by atoms with Crippen molar-refractivity contribution in [1.82, 2.24) is 15.3 Å². The Bertz CT molecular complexity index is 725. The van der Waals surface area contributed by atoms with Crippen LogP contribution in [0.5, 0.6) is 0 Å². The van der Waals surface area contributed by atoms with Crippen molar-refractivity contribution in [2.75, 3.05) is 19.7 Å². The molecule has 1 fully saturated rings. The zero-order chi connectivity index (χ0) is 13.4. The van der Waals surface area contributed by atoms with Crippen molar-refractivity contribution in [2.24, 2.45) is 0 Å². The minimum absolute atomic E-state index is 0.00401. The first-order valence-corrected chi connectivity index (χ1v) is 6.75. The van der Waals surface area contributed by atoms with Crippen LogP contribution in [0.3, 0.4) is 0 Å². The fourth-order valence-corrected chi connectivity index (χ4v) is 2.56. The Kier molecular flexibility index (Phi) is 2.79. The monoisotopic (exact) mass is 269 g/mol. The third kappa shape index (κ3) is 1.92. The minimum Gasteiger partial charge on any atom is -0.464 e. The molecule has 0 amide bonds. The summed E-state index contributed by atoms with van der Waals surface area (Å²) < 4.78 is 11.3. The second kappa shape index (κ2) is 4.77. The van der Waals surface area contributed by atoms with E-state index in [1.165, 1.54) is 0 Å². The number of aromatic amines is 1. The SMILES string of the molecule is c1ccc2c(-c3cnc(C4CNCCO4)[nH]3)coc2c1. The highest BCUT2D eigenvalue weighted by Crippen LogP contribution is 2.30. The number of rotatable bonds is 2. The van der Waals surface area contributed by atoms with Crippen molar-refractivity contribution in [2.45, 2.75) is 6.10 Å². The fourth-order valence-electron chi connectivity index (χ4n) is 2.56. The summed E-state index contributed by atoms with van der Waals surface area (Å²) in [5.74, 6) is 0.859. The van der Waals surface area contributed by atoms with Crippen LogP contribution in [0.2, 0.25) is 0 Å². The lowest BCUT2D eigenvalue weighted by Gasteiger charge is -2.21. The van der Waals surface area contributed by atoms with E-state index in [2.05, 4.69) is 15.3 Å². The van der Waals surface area contributed by atoms with Crippen molar-refractivity contribution in [3.8, 4) is 11.3 Å². The molecule has 102 valence electrons. The molecule has 0 radical (unpaired) electrons. The van der Waals surface area contributed by atoms with Gasteiger partial charge in [0.05, 0.1) is 18.5 Å². The zero-order valence-corrected chi connectivity index (χ0v) is 10.9. The molecule has 1 atom stereocenters. The summed E-state index contributed by atoms with van der Waals surface area (Å²) in [5.41, 5.74) is 2.87. The van der Waals surface area contributed by atoms with Gasteiger partial charge in [-0.25, -0.2) is 4.98 Å². The number of ether oxygens (including phenoxy) is 1. The summed E-state index contributed by atoms with van der Waals surface area (Å²) >= 11 is 0. The molecule has 1 aromatic carbocycles. The normalized spacial score (nSPS) is 19.5. The van der Waals surface area contributed by atoms with E-state index in [9.17, 15) is 0 Å². The Morgan fingerprint density at radius 1 is 1.25 bits per heavy atom. The molecule has 1 aliphatic rings. The number of nitrogens with zero attached hydrogens (tertiary/aromatic N) is 1. The molecule has 2 N–H and O–H groups in total. The summed E-state index contributed by atoms with van der Waals surface area (Å²) in [6, 6.07) is 7.99. The number of imidazole rings is 1. The van der Waals surface area contributed by atoms with Gasteiger partial charge in [0, 0.05) is 24.0 Å². The van der Waals surface area contributed by atoms with E-state index in [-0.39, 0.29) is 6.10 Å². The van der Waals surface area contributed by atoms with E-state index in [0.29, 0.717) is 0 Å². The molecule has 0 saturated carbocycles. The van der Waals surface area contributed by atoms with Crippen LogP contribution in [0.15, 0.2) is 41.1 Å². The number of para-hydroxylation sites is 1. The summed E-state index contributed by atoms with van der Waals surface area (Å²) in [6.07, 6.45) is 3.60. The number of aromatic nitrogens is 2. The highest BCUT2D eigenvalue weighted by molar-refractivity contribution is 5.92. The van der Waals surface area contributed by atoms with Gasteiger partial charge in [-0.05, 0) is 6.07 Å². The zero-order valence-electron chi connectivity index (χ0n) is 10.9. The van der Waals surface area contributed by atoms with Gasteiger partial charge in [-0.15, -0.1) is 0 Å². The molecule has 3 aromatic rings. The van der Waals surface area contributed by atoms with E-state index in [1.54, 1.807) is 6.26 Å². The Balaban J connectivity index is 1.70. The van der Waals surface area contributed by atoms with Crippen molar-refractivity contribution in [3.63, 3.8) is 0 Å². The molecular formula is C15H15N3O2. The van der Waals surface area contributed by atoms with Gasteiger partial charge in [0.15, 0.2) is 0 Å². The van der Waals surface area contributed by atoms with Gasteiger partial charge in [-0.2, -0.15) is 0 Å². The van der Waals surface area contributed by atoms with Crippen LogP contribution in [0.25, 0.3) is 22.2 Å². The molecule has 20 heavy (non-hydrogen) atoms. The van der Waals surface area contributed by atoms with Crippen LogP contribution in [0.4, 0.5) is 0 Å². The maximum Gasteiger partial charge on any atom is 0.137 e. The van der Waals surface area contributed by atoms with Gasteiger partial charge in [0.25, 0.3) is 0 Å². The molecule has 0 aliphatic carbocycles. The van der Waals surface area contributed by atoms with E-state index < -0.39 is 0 Å². The molecule has 1 saturated heterocycles. The molecule has 0 spiro atoms. The molecule has 2 aromatic heterocycles. The Hall–Kier alpha value is -2.11. The van der Waals surface area contributed by atoms with Crippen LogP contribution in [-0.4, -0.2) is 29.7 Å². The number of nitrogens with one attached hydrogen (secondary N) is 2. The highest BCUT2D eigenvalue weighted by Gasteiger charge is 2.19. The summed E-state index contributed by atoms with van der Waals surface area (Å²) in [5, 5.41) is 4.39. The third-order valence-corrected chi connectivity index (χ3v) is 3.60. The predicted octanol–water partition coefficient (Wildman–Crippen LogP) is 2.48. The number of benzene rings is 1. The molecule has 4 rings (SSSR count). The van der Waals surface area contributed by atoms with Gasteiger partial charge in [0.2, 0.25) is 0 Å². The molecular weight excluding hydrogens is 254 g/mol. The average molecular weight is 269 g/mol. The highest BCUT2D eigenvalue weighted by atomic mass is 16.5. The molecule has 3 heterocycles. The van der Waals surface area contributed by atoms with Crippen LogP contribution in [-0.2, 0) is 4.74 Å². The quantitative estimate of drug-likeness (QED) is 0.750. The van der Waals surface area contributed by atoms with E-state index in [0.717, 1.165) is 47.7 Å². The maximum atomic E-state index is 5.70. The van der Waals surface area contributed by atoms with Crippen LogP contribution < -0.4 is 5.32 Å².